The number of ether oxygens (including phenoxy) is 8. The van der Waals surface area contributed by atoms with Crippen molar-refractivity contribution in [1.82, 2.24) is 0 Å². The van der Waals surface area contributed by atoms with Crippen LogP contribution < -0.4 is 33.2 Å². The fourth-order valence-corrected chi connectivity index (χ4v) is 8.48. The molecule has 0 aromatic heterocycles. The van der Waals surface area contributed by atoms with Crippen molar-refractivity contribution in [3.05, 3.63) is 281 Å². The first-order valence-electron chi connectivity index (χ1n) is 24.4. The van der Waals surface area contributed by atoms with Gasteiger partial charge in [-0.2, -0.15) is 0 Å². The highest BCUT2D eigenvalue weighted by Gasteiger charge is 2.38. The molecule has 1 aliphatic heterocycles. The predicted molar refractivity (Wildman–Crippen MR) is 280 cm³/mol. The number of esters is 1. The number of hydrogen-bond donors (Lipinski definition) is 0. The van der Waals surface area contributed by atoms with Crippen molar-refractivity contribution < 1.29 is 42.7 Å². The molecule has 2 atom stereocenters. The van der Waals surface area contributed by atoms with Crippen LogP contribution in [0, 0.1) is 0 Å². The Balaban J connectivity index is 1.05. The zero-order valence-corrected chi connectivity index (χ0v) is 40.2. The Labute approximate surface area is 426 Å². The predicted octanol–water partition coefficient (Wildman–Crippen LogP) is 14.1. The van der Waals surface area contributed by atoms with E-state index in [-0.39, 0.29) is 32.8 Å². The smallest absolute Gasteiger partial charge is 0.338 e. The Hall–Kier alpha value is -8.95. The zero-order chi connectivity index (χ0) is 49.4. The van der Waals surface area contributed by atoms with Crippen molar-refractivity contribution in [1.29, 1.82) is 0 Å². The fourth-order valence-electron chi connectivity index (χ4n) is 8.48. The van der Waals surface area contributed by atoms with Crippen molar-refractivity contribution >= 4 is 5.97 Å². The van der Waals surface area contributed by atoms with Crippen LogP contribution in [0.4, 0.5) is 0 Å². The average molecular weight is 967 g/mol. The molecule has 73 heavy (non-hydrogen) atoms. The molecular formula is C64H54O9. The minimum Gasteiger partial charge on any atom is -0.489 e. The summed E-state index contributed by atoms with van der Waals surface area (Å²) < 4.78 is 53.1. The first-order valence-corrected chi connectivity index (χ1v) is 24.4. The largest absolute Gasteiger partial charge is 0.489 e. The number of carbonyl (C=O) groups is 1. The van der Waals surface area contributed by atoms with E-state index in [1.54, 1.807) is 18.2 Å². The van der Waals surface area contributed by atoms with E-state index in [1.807, 2.05) is 212 Å². The summed E-state index contributed by atoms with van der Waals surface area (Å²) in [4.78, 5) is 14.6. The topological polar surface area (TPSA) is 90.9 Å². The molecule has 0 amide bonds. The maximum absolute atomic E-state index is 14.6. The molecule has 9 nitrogen and oxygen atoms in total. The summed E-state index contributed by atoms with van der Waals surface area (Å²) in [6, 6.07) is 74.2. The lowest BCUT2D eigenvalue weighted by molar-refractivity contribution is -0.0191. The molecule has 0 saturated heterocycles. The monoisotopic (exact) mass is 966 g/mol. The Kier molecular flexibility index (Phi) is 15.5. The van der Waals surface area contributed by atoms with Gasteiger partial charge in [0.25, 0.3) is 0 Å². The average Bonchev–Trinajstić information content (AvgIpc) is 3.45. The number of rotatable bonds is 21. The molecule has 9 heteroatoms. The summed E-state index contributed by atoms with van der Waals surface area (Å²) >= 11 is 0. The summed E-state index contributed by atoms with van der Waals surface area (Å²) in [5.41, 5.74) is 7.57. The third kappa shape index (κ3) is 12.9. The molecule has 0 saturated carbocycles. The Morgan fingerprint density at radius 3 is 1.27 bits per heavy atom. The lowest BCUT2D eigenvalue weighted by Gasteiger charge is -2.35. The van der Waals surface area contributed by atoms with Crippen molar-refractivity contribution in [3.8, 4) is 40.2 Å². The molecule has 9 aromatic rings. The van der Waals surface area contributed by atoms with Gasteiger partial charge in [-0.25, -0.2) is 4.79 Å². The minimum atomic E-state index is -0.887. The van der Waals surface area contributed by atoms with Crippen LogP contribution >= 0.6 is 0 Å². The van der Waals surface area contributed by atoms with Gasteiger partial charge in [0.1, 0.15) is 68.7 Å². The maximum Gasteiger partial charge on any atom is 0.338 e. The lowest BCUT2D eigenvalue weighted by Crippen LogP contribution is -2.35. The van der Waals surface area contributed by atoms with Gasteiger partial charge in [0, 0.05) is 29.7 Å². The molecule has 1 heterocycles. The van der Waals surface area contributed by atoms with Crippen molar-refractivity contribution in [3.63, 3.8) is 0 Å². The molecule has 10 rings (SSSR count). The van der Waals surface area contributed by atoms with Gasteiger partial charge < -0.3 is 37.9 Å². The van der Waals surface area contributed by atoms with Crippen LogP contribution in [0.2, 0.25) is 0 Å². The lowest BCUT2D eigenvalue weighted by atomic mass is 9.93. The number of hydrogen-bond acceptors (Lipinski definition) is 9. The van der Waals surface area contributed by atoms with Gasteiger partial charge in [-0.1, -0.05) is 188 Å². The van der Waals surface area contributed by atoms with Gasteiger partial charge in [-0.05, 0) is 63.7 Å². The van der Waals surface area contributed by atoms with Crippen LogP contribution in [-0.4, -0.2) is 12.1 Å². The van der Waals surface area contributed by atoms with Gasteiger partial charge >= 0.3 is 5.97 Å². The highest BCUT2D eigenvalue weighted by atomic mass is 16.6. The Bertz CT molecular complexity index is 3110. The van der Waals surface area contributed by atoms with Crippen LogP contribution in [0.5, 0.6) is 40.2 Å². The van der Waals surface area contributed by atoms with E-state index in [4.69, 9.17) is 37.9 Å². The molecule has 0 aliphatic carbocycles. The van der Waals surface area contributed by atoms with Crippen LogP contribution in [0.15, 0.2) is 231 Å². The molecule has 0 fully saturated rings. The van der Waals surface area contributed by atoms with Crippen LogP contribution in [0.1, 0.15) is 61.0 Å². The molecular weight excluding hydrogens is 913 g/mol. The van der Waals surface area contributed by atoms with Gasteiger partial charge in [-0.15, -0.1) is 0 Å². The van der Waals surface area contributed by atoms with E-state index in [1.165, 1.54) is 0 Å². The number of benzene rings is 9. The van der Waals surface area contributed by atoms with Crippen molar-refractivity contribution in [2.45, 2.75) is 58.3 Å². The second-order valence-corrected chi connectivity index (χ2v) is 17.6. The zero-order valence-electron chi connectivity index (χ0n) is 40.2. The SMILES string of the molecule is O=C(O[C@H]1Cc2c(OCc3ccccc3)cc(OCc3ccccc3)cc2O[C@@H]1c1cc(OCc2ccccc2)c(OCc2ccccc2)c(OCc2ccccc2)c1)c1cccc(OCc2ccccc2)c1. The quantitative estimate of drug-likeness (QED) is 0.0653. The second kappa shape index (κ2) is 23.8. The summed E-state index contributed by atoms with van der Waals surface area (Å²) in [5, 5.41) is 0. The molecule has 0 N–H and O–H groups in total. The highest BCUT2D eigenvalue weighted by Crippen LogP contribution is 2.48. The van der Waals surface area contributed by atoms with Crippen LogP contribution in [0.3, 0.4) is 0 Å². The first-order chi connectivity index (χ1) is 36.1. The minimum absolute atomic E-state index is 0.228. The summed E-state index contributed by atoms with van der Waals surface area (Å²) in [6.07, 6.45) is -1.54. The second-order valence-electron chi connectivity index (χ2n) is 17.6. The van der Waals surface area contributed by atoms with Crippen LogP contribution in [-0.2, 0) is 50.8 Å². The third-order valence-electron chi connectivity index (χ3n) is 12.3. The molecule has 364 valence electrons. The molecule has 9 aromatic carbocycles. The molecule has 0 unspecified atom stereocenters. The van der Waals surface area contributed by atoms with Crippen molar-refractivity contribution in [2.75, 3.05) is 0 Å². The van der Waals surface area contributed by atoms with E-state index < -0.39 is 18.2 Å². The maximum atomic E-state index is 14.6. The van der Waals surface area contributed by atoms with E-state index in [0.29, 0.717) is 64.6 Å². The van der Waals surface area contributed by atoms with Gasteiger partial charge in [0.2, 0.25) is 5.75 Å². The standard InChI is InChI=1S/C64H54O9/c65-64(52-32-19-33-54(34-52)66-40-46-20-7-1-8-21-46)73-61-39-56-57(68-42-48-24-11-3-12-25-48)37-55(67-41-47-22-9-2-10-23-47)38-58(56)72-62(61)53-35-59(69-43-49-26-13-4-14-27-49)63(71-45-51-30-17-6-18-31-51)60(36-53)70-44-50-28-15-5-16-29-50/h1-38,61-62H,39-45H2/t61-,62+/m0/s1. The van der Waals surface area contributed by atoms with E-state index in [9.17, 15) is 4.79 Å². The normalized spacial score (nSPS) is 13.6. The van der Waals surface area contributed by atoms with Crippen LogP contribution in [0.25, 0.3) is 0 Å². The molecule has 1 aliphatic rings. The fraction of sp³-hybridized carbons (Fsp3) is 0.141. The first kappa shape index (κ1) is 47.7. The molecule has 0 spiro atoms. The van der Waals surface area contributed by atoms with Crippen molar-refractivity contribution in [2.24, 2.45) is 0 Å². The summed E-state index contributed by atoms with van der Waals surface area (Å²) in [5.74, 6) is 2.87. The third-order valence-corrected chi connectivity index (χ3v) is 12.3. The van der Waals surface area contributed by atoms with Gasteiger partial charge in [-0.3, -0.25) is 0 Å². The van der Waals surface area contributed by atoms with E-state index in [0.717, 1.165) is 38.9 Å². The summed E-state index contributed by atoms with van der Waals surface area (Å²) in [7, 11) is 0. The Morgan fingerprint density at radius 2 is 0.808 bits per heavy atom. The van der Waals surface area contributed by atoms with E-state index in [2.05, 4.69) is 0 Å². The number of carbonyl (C=O) groups excluding carboxylic acids is 1. The Morgan fingerprint density at radius 1 is 0.397 bits per heavy atom. The van der Waals surface area contributed by atoms with Gasteiger partial charge in [0.05, 0.1) is 5.56 Å². The molecule has 0 bridgehead atoms. The van der Waals surface area contributed by atoms with E-state index >= 15 is 0 Å². The molecule has 0 radical (unpaired) electrons. The summed E-state index contributed by atoms with van der Waals surface area (Å²) in [6.45, 7) is 1.68. The number of fused-ring (bicyclic) bond motifs is 1. The highest BCUT2D eigenvalue weighted by molar-refractivity contribution is 5.90. The van der Waals surface area contributed by atoms with Gasteiger partial charge in [0.15, 0.2) is 17.6 Å².